The number of aliphatic hydroxyl groups is 1. The van der Waals surface area contributed by atoms with Crippen LogP contribution in [-0.4, -0.2) is 60.6 Å². The minimum Gasteiger partial charge on any atom is -0.383 e. The molecule has 132 valence electrons. The number of urea groups is 1. The molecule has 2 heterocycles. The van der Waals surface area contributed by atoms with Gasteiger partial charge in [-0.3, -0.25) is 9.69 Å². The first kappa shape index (κ1) is 18.2. The molecule has 0 spiro atoms. The first-order chi connectivity index (χ1) is 11.4. The van der Waals surface area contributed by atoms with E-state index in [4.69, 9.17) is 0 Å². The molecule has 1 aromatic rings. The van der Waals surface area contributed by atoms with E-state index in [1.165, 1.54) is 11.3 Å². The Hall–Kier alpha value is -2.13. The van der Waals surface area contributed by atoms with Gasteiger partial charge in [0.25, 0.3) is 0 Å². The molecule has 3 amide bonds. The van der Waals surface area contributed by atoms with Crippen molar-refractivity contribution < 1.29 is 14.7 Å². The Morgan fingerprint density at radius 1 is 1.50 bits per heavy atom. The van der Waals surface area contributed by atoms with Crippen molar-refractivity contribution in [3.05, 3.63) is 22.4 Å². The summed E-state index contributed by atoms with van der Waals surface area (Å²) >= 11 is 1.52. The fourth-order valence-corrected chi connectivity index (χ4v) is 2.99. The number of nitrogens with zero attached hydrogens (tertiary/aromatic N) is 2. The molecule has 9 heteroatoms. The van der Waals surface area contributed by atoms with Crippen molar-refractivity contribution in [3.63, 3.8) is 0 Å². The van der Waals surface area contributed by atoms with E-state index in [1.807, 2.05) is 23.8 Å². The number of rotatable bonds is 7. The number of imide groups is 1. The number of nitrogens with one attached hydrogen (secondary N) is 3. The number of carbonyl (C=O) groups is 2. The fourth-order valence-electron chi connectivity index (χ4n) is 2.20. The first-order valence-electron chi connectivity index (χ1n) is 7.79. The number of guanidine groups is 1. The van der Waals surface area contributed by atoms with Crippen LogP contribution >= 0.6 is 11.3 Å². The summed E-state index contributed by atoms with van der Waals surface area (Å²) in [4.78, 5) is 28.5. The second-order valence-corrected chi connectivity index (χ2v) is 6.39. The number of aliphatic imine (C=N–C) groups is 1. The lowest BCUT2D eigenvalue weighted by Gasteiger charge is -2.21. The van der Waals surface area contributed by atoms with Crippen molar-refractivity contribution in [3.8, 4) is 0 Å². The van der Waals surface area contributed by atoms with E-state index in [1.54, 1.807) is 6.92 Å². The summed E-state index contributed by atoms with van der Waals surface area (Å²) in [6.45, 7) is 5.21. The van der Waals surface area contributed by atoms with Crippen LogP contribution in [-0.2, 0) is 10.4 Å². The van der Waals surface area contributed by atoms with Crippen LogP contribution in [0.3, 0.4) is 0 Å². The maximum Gasteiger partial charge on any atom is 0.324 e. The van der Waals surface area contributed by atoms with Gasteiger partial charge in [0, 0.05) is 19.6 Å². The standard InChI is InChI=1S/C15H23N5O3S/c1-3-16-13(17-5-6-20-12(21)8-18-14(20)22)19-10-15(2,23)11-4-7-24-9-11/h4,7,9,23H,3,5-6,8,10H2,1-2H3,(H,18,22)(H2,16,17,19). The molecule has 2 rings (SSSR count). The van der Waals surface area contributed by atoms with Crippen LogP contribution in [0.25, 0.3) is 0 Å². The van der Waals surface area contributed by atoms with Crippen molar-refractivity contribution in [1.29, 1.82) is 0 Å². The Labute approximate surface area is 145 Å². The molecule has 4 N–H and O–H groups in total. The van der Waals surface area contributed by atoms with Gasteiger partial charge in [-0.25, -0.2) is 9.79 Å². The van der Waals surface area contributed by atoms with Gasteiger partial charge >= 0.3 is 6.03 Å². The van der Waals surface area contributed by atoms with E-state index < -0.39 is 5.60 Å². The number of amides is 3. The summed E-state index contributed by atoms with van der Waals surface area (Å²) in [6.07, 6.45) is 0. The first-order valence-corrected chi connectivity index (χ1v) is 8.73. The van der Waals surface area contributed by atoms with Gasteiger partial charge in [0.1, 0.15) is 5.60 Å². The molecule has 0 aromatic carbocycles. The average Bonchev–Trinajstić information content (AvgIpc) is 3.18. The fraction of sp³-hybridized carbons (Fsp3) is 0.533. The smallest absolute Gasteiger partial charge is 0.324 e. The second-order valence-electron chi connectivity index (χ2n) is 5.61. The van der Waals surface area contributed by atoms with Crippen LogP contribution in [0.4, 0.5) is 4.79 Å². The highest BCUT2D eigenvalue weighted by Gasteiger charge is 2.27. The Kier molecular flexibility index (Phi) is 6.16. The lowest BCUT2D eigenvalue weighted by Crippen LogP contribution is -2.43. The van der Waals surface area contributed by atoms with Crippen molar-refractivity contribution in [2.75, 3.05) is 32.7 Å². The van der Waals surface area contributed by atoms with Gasteiger partial charge in [-0.1, -0.05) is 0 Å². The summed E-state index contributed by atoms with van der Waals surface area (Å²) in [5.41, 5.74) is -0.223. The molecule has 1 aromatic heterocycles. The molecule has 8 nitrogen and oxygen atoms in total. The Balaban J connectivity index is 1.89. The molecule has 24 heavy (non-hydrogen) atoms. The highest BCUT2D eigenvalue weighted by molar-refractivity contribution is 7.08. The molecule has 1 saturated heterocycles. The van der Waals surface area contributed by atoms with Gasteiger partial charge in [-0.05, 0) is 36.2 Å². The second kappa shape index (κ2) is 8.11. The van der Waals surface area contributed by atoms with E-state index in [0.717, 1.165) is 10.5 Å². The maximum atomic E-state index is 11.5. The van der Waals surface area contributed by atoms with Gasteiger partial charge in [-0.2, -0.15) is 11.3 Å². The summed E-state index contributed by atoms with van der Waals surface area (Å²) in [5, 5.41) is 22.9. The number of hydrogen-bond donors (Lipinski definition) is 4. The van der Waals surface area contributed by atoms with Crippen molar-refractivity contribution in [2.24, 2.45) is 4.99 Å². The highest BCUT2D eigenvalue weighted by Crippen LogP contribution is 2.23. The third kappa shape index (κ3) is 4.68. The van der Waals surface area contributed by atoms with Crippen molar-refractivity contribution in [2.45, 2.75) is 19.4 Å². The Morgan fingerprint density at radius 3 is 2.88 bits per heavy atom. The average molecular weight is 353 g/mol. The van der Waals surface area contributed by atoms with Gasteiger partial charge in [0.2, 0.25) is 5.91 Å². The van der Waals surface area contributed by atoms with Gasteiger partial charge in [0.05, 0.1) is 13.1 Å². The predicted octanol–water partition coefficient (Wildman–Crippen LogP) is 0.0625. The molecule has 1 unspecified atom stereocenters. The van der Waals surface area contributed by atoms with E-state index >= 15 is 0 Å². The SMILES string of the molecule is CCNC(=NCC(C)(O)c1ccsc1)NCCN1C(=O)CNC1=O. The number of carbonyl (C=O) groups excluding carboxylic acids is 2. The highest BCUT2D eigenvalue weighted by atomic mass is 32.1. The van der Waals surface area contributed by atoms with Crippen LogP contribution in [0.2, 0.25) is 0 Å². The zero-order valence-electron chi connectivity index (χ0n) is 13.8. The van der Waals surface area contributed by atoms with E-state index in [2.05, 4.69) is 20.9 Å². The summed E-state index contributed by atoms with van der Waals surface area (Å²) in [7, 11) is 0. The molecule has 0 saturated carbocycles. The monoisotopic (exact) mass is 353 g/mol. The normalized spacial score (nSPS) is 17.6. The molecular formula is C15H23N5O3S. The molecule has 0 aliphatic carbocycles. The lowest BCUT2D eigenvalue weighted by atomic mass is 10.00. The van der Waals surface area contributed by atoms with Crippen LogP contribution in [0.1, 0.15) is 19.4 Å². The predicted molar refractivity (Wildman–Crippen MR) is 93.0 cm³/mol. The number of thiophene rings is 1. The van der Waals surface area contributed by atoms with Gasteiger partial charge in [-0.15, -0.1) is 0 Å². The molecule has 0 radical (unpaired) electrons. The van der Waals surface area contributed by atoms with E-state index in [-0.39, 0.29) is 31.6 Å². The van der Waals surface area contributed by atoms with Gasteiger partial charge in [0.15, 0.2) is 5.96 Å². The lowest BCUT2D eigenvalue weighted by molar-refractivity contribution is -0.124. The minimum atomic E-state index is -1.05. The van der Waals surface area contributed by atoms with Crippen LogP contribution in [0, 0.1) is 0 Å². The number of hydrogen-bond acceptors (Lipinski definition) is 5. The molecule has 1 atom stereocenters. The zero-order chi connectivity index (χ0) is 17.6. The largest absolute Gasteiger partial charge is 0.383 e. The quantitative estimate of drug-likeness (QED) is 0.315. The third-order valence-electron chi connectivity index (χ3n) is 3.60. The summed E-state index contributed by atoms with van der Waals surface area (Å²) in [5.74, 6) is 0.296. The van der Waals surface area contributed by atoms with Crippen LogP contribution in [0.15, 0.2) is 21.8 Å². The van der Waals surface area contributed by atoms with Crippen LogP contribution in [0.5, 0.6) is 0 Å². The molecular weight excluding hydrogens is 330 g/mol. The summed E-state index contributed by atoms with van der Waals surface area (Å²) < 4.78 is 0. The molecule has 0 bridgehead atoms. The van der Waals surface area contributed by atoms with Crippen LogP contribution < -0.4 is 16.0 Å². The Bertz CT molecular complexity index is 584. The zero-order valence-corrected chi connectivity index (χ0v) is 14.7. The maximum absolute atomic E-state index is 11.5. The van der Waals surface area contributed by atoms with Crippen molar-refractivity contribution in [1.82, 2.24) is 20.9 Å². The molecule has 1 aliphatic heterocycles. The Morgan fingerprint density at radius 2 is 2.29 bits per heavy atom. The topological polar surface area (TPSA) is 106 Å². The van der Waals surface area contributed by atoms with E-state index in [0.29, 0.717) is 19.0 Å². The third-order valence-corrected chi connectivity index (χ3v) is 4.28. The summed E-state index contributed by atoms with van der Waals surface area (Å²) in [6, 6.07) is 1.50. The molecule has 1 fully saturated rings. The van der Waals surface area contributed by atoms with E-state index in [9.17, 15) is 14.7 Å². The minimum absolute atomic E-state index is 0.0521. The molecule has 1 aliphatic rings. The van der Waals surface area contributed by atoms with Gasteiger partial charge < -0.3 is 21.1 Å². The van der Waals surface area contributed by atoms with Crippen molar-refractivity contribution >= 4 is 29.2 Å².